The highest BCUT2D eigenvalue weighted by Crippen LogP contribution is 2.11. The van der Waals surface area contributed by atoms with Gasteiger partial charge in [0.1, 0.15) is 0 Å². The van der Waals surface area contributed by atoms with E-state index in [1.54, 1.807) is 11.9 Å². The van der Waals surface area contributed by atoms with Crippen molar-refractivity contribution < 1.29 is 18.0 Å². The number of para-hydroxylation sites is 1. The fraction of sp³-hybridized carbons (Fsp3) is 0.429. The molecule has 0 radical (unpaired) electrons. The lowest BCUT2D eigenvalue weighted by atomic mass is 10.3. The van der Waals surface area contributed by atoms with Crippen LogP contribution in [0.25, 0.3) is 0 Å². The maximum atomic E-state index is 11.8. The van der Waals surface area contributed by atoms with Gasteiger partial charge in [0, 0.05) is 18.8 Å². The van der Waals surface area contributed by atoms with Gasteiger partial charge < -0.3 is 10.2 Å². The van der Waals surface area contributed by atoms with Gasteiger partial charge in [0.05, 0.1) is 18.1 Å². The minimum atomic E-state index is -3.06. The number of urea groups is 1. The van der Waals surface area contributed by atoms with Crippen molar-refractivity contribution in [3.63, 3.8) is 0 Å². The van der Waals surface area contributed by atoms with E-state index in [-0.39, 0.29) is 18.1 Å². The summed E-state index contributed by atoms with van der Waals surface area (Å²) in [6.07, 6.45) is 0.383. The monoisotopic (exact) mass is 325 g/mol. The van der Waals surface area contributed by atoms with Crippen molar-refractivity contribution in [2.24, 2.45) is 0 Å². The summed E-state index contributed by atoms with van der Waals surface area (Å²) < 4.78 is 22.6. The minimum absolute atomic E-state index is 0.0282. The number of carbonyl (C=O) groups is 2. The number of sulfone groups is 1. The molecule has 22 heavy (non-hydrogen) atoms. The van der Waals surface area contributed by atoms with E-state index in [1.807, 2.05) is 30.3 Å². The Bertz CT molecular complexity index is 645. The quantitative estimate of drug-likeness (QED) is 0.821. The summed E-state index contributed by atoms with van der Waals surface area (Å²) in [6.45, 7) is 0.0282. The molecule has 0 spiro atoms. The third-order valence-electron chi connectivity index (χ3n) is 3.40. The number of hydrogen-bond acceptors (Lipinski definition) is 5. The van der Waals surface area contributed by atoms with Crippen LogP contribution in [0.3, 0.4) is 0 Å². The summed E-state index contributed by atoms with van der Waals surface area (Å²) >= 11 is 0. The highest BCUT2D eigenvalue weighted by Gasteiger charge is 2.29. The Morgan fingerprint density at radius 3 is 2.55 bits per heavy atom. The fourth-order valence-corrected chi connectivity index (χ4v) is 3.96. The van der Waals surface area contributed by atoms with Gasteiger partial charge in [0.25, 0.3) is 0 Å². The van der Waals surface area contributed by atoms with Crippen LogP contribution in [-0.4, -0.2) is 51.5 Å². The van der Waals surface area contributed by atoms with Crippen molar-refractivity contribution >= 4 is 27.5 Å². The van der Waals surface area contributed by atoms with Gasteiger partial charge in [-0.2, -0.15) is 0 Å². The molecule has 1 atom stereocenters. The number of amides is 3. The molecule has 1 heterocycles. The van der Waals surface area contributed by atoms with Gasteiger partial charge in [0.2, 0.25) is 5.91 Å². The summed E-state index contributed by atoms with van der Waals surface area (Å²) in [5.41, 5.74) is 0.861. The molecule has 1 aromatic rings. The van der Waals surface area contributed by atoms with Crippen LogP contribution in [0, 0.1) is 0 Å². The van der Waals surface area contributed by atoms with E-state index in [0.717, 1.165) is 5.69 Å². The van der Waals surface area contributed by atoms with Gasteiger partial charge in [-0.25, -0.2) is 13.2 Å². The van der Waals surface area contributed by atoms with Gasteiger partial charge in [-0.15, -0.1) is 0 Å². The summed E-state index contributed by atoms with van der Waals surface area (Å²) in [4.78, 5) is 25.2. The zero-order chi connectivity index (χ0) is 16.2. The van der Waals surface area contributed by atoms with Crippen LogP contribution >= 0.6 is 0 Å². The molecule has 0 aromatic heterocycles. The molecule has 1 aromatic carbocycles. The Hall–Kier alpha value is -2.09. The smallest absolute Gasteiger partial charge is 0.321 e. The van der Waals surface area contributed by atoms with E-state index in [1.165, 1.54) is 0 Å². The average molecular weight is 325 g/mol. The molecule has 0 saturated carbocycles. The average Bonchev–Trinajstić information content (AvgIpc) is 2.78. The minimum Gasteiger partial charge on any atom is -0.365 e. The molecule has 1 fully saturated rings. The van der Waals surface area contributed by atoms with Gasteiger partial charge in [-0.1, -0.05) is 18.2 Å². The first-order chi connectivity index (χ1) is 10.4. The maximum absolute atomic E-state index is 11.8. The van der Waals surface area contributed by atoms with Crippen LogP contribution in [0.2, 0.25) is 0 Å². The van der Waals surface area contributed by atoms with E-state index in [2.05, 4.69) is 10.6 Å². The number of hydrogen-bond donors (Lipinski definition) is 2. The van der Waals surface area contributed by atoms with Crippen LogP contribution in [0.4, 0.5) is 10.5 Å². The largest absolute Gasteiger partial charge is 0.365 e. The lowest BCUT2D eigenvalue weighted by molar-refractivity contribution is -0.118. The molecule has 8 heteroatoms. The zero-order valence-corrected chi connectivity index (χ0v) is 13.1. The molecule has 0 unspecified atom stereocenters. The number of anilines is 1. The Labute approximate surface area is 129 Å². The van der Waals surface area contributed by atoms with Crippen molar-refractivity contribution in [1.82, 2.24) is 10.6 Å². The van der Waals surface area contributed by atoms with Gasteiger partial charge in [-0.3, -0.25) is 10.1 Å². The first-order valence-corrected chi connectivity index (χ1v) is 8.75. The molecule has 120 valence electrons. The second-order valence-electron chi connectivity index (χ2n) is 5.31. The Morgan fingerprint density at radius 1 is 1.27 bits per heavy atom. The van der Waals surface area contributed by atoms with Gasteiger partial charge in [0.15, 0.2) is 9.84 Å². The summed E-state index contributed by atoms with van der Waals surface area (Å²) in [5.74, 6) is -0.453. The summed E-state index contributed by atoms with van der Waals surface area (Å²) in [6, 6.07) is 8.22. The first-order valence-electron chi connectivity index (χ1n) is 6.93. The number of nitrogens with zero attached hydrogens (tertiary/aromatic N) is 1. The topological polar surface area (TPSA) is 95.6 Å². The molecule has 3 amide bonds. The lowest BCUT2D eigenvalue weighted by Gasteiger charge is -2.18. The Balaban J connectivity index is 1.78. The molecule has 1 aliphatic heterocycles. The normalized spacial score (nSPS) is 19.4. The molecule has 1 aliphatic rings. The number of likely N-dealkylation sites (N-methyl/N-ethyl adjacent to an activating group) is 1. The molecule has 0 bridgehead atoms. The van der Waals surface area contributed by atoms with Crippen LogP contribution in [0.1, 0.15) is 6.42 Å². The molecule has 7 nitrogen and oxygen atoms in total. The number of rotatable bonds is 4. The lowest BCUT2D eigenvalue weighted by Crippen LogP contribution is -2.47. The van der Waals surface area contributed by atoms with E-state index in [4.69, 9.17) is 0 Å². The number of carbonyl (C=O) groups excluding carboxylic acids is 2. The zero-order valence-electron chi connectivity index (χ0n) is 12.3. The standard InChI is InChI=1S/C14H19N3O4S/c1-17(12-5-3-2-4-6-12)9-13(18)16-14(19)15-11-7-8-22(20,21)10-11/h2-6,11H,7-10H2,1H3,(H2,15,16,18,19)/t11-/m1/s1. The van der Waals surface area contributed by atoms with Crippen molar-refractivity contribution in [1.29, 1.82) is 0 Å². The number of nitrogens with one attached hydrogen (secondary N) is 2. The second kappa shape index (κ2) is 6.78. The predicted molar refractivity (Wildman–Crippen MR) is 83.4 cm³/mol. The van der Waals surface area contributed by atoms with Crippen LogP contribution in [-0.2, 0) is 14.6 Å². The second-order valence-corrected chi connectivity index (χ2v) is 7.54. The van der Waals surface area contributed by atoms with Crippen molar-refractivity contribution in [2.75, 3.05) is 30.0 Å². The van der Waals surface area contributed by atoms with Crippen LogP contribution in [0.15, 0.2) is 30.3 Å². The summed E-state index contributed by atoms with van der Waals surface area (Å²) in [7, 11) is -1.31. The Morgan fingerprint density at radius 2 is 1.95 bits per heavy atom. The van der Waals surface area contributed by atoms with E-state index < -0.39 is 27.8 Å². The van der Waals surface area contributed by atoms with E-state index in [0.29, 0.717) is 6.42 Å². The molecule has 2 N–H and O–H groups in total. The van der Waals surface area contributed by atoms with Crippen molar-refractivity contribution in [3.05, 3.63) is 30.3 Å². The highest BCUT2D eigenvalue weighted by molar-refractivity contribution is 7.91. The van der Waals surface area contributed by atoms with Crippen LogP contribution in [0.5, 0.6) is 0 Å². The SMILES string of the molecule is CN(CC(=O)NC(=O)N[C@@H]1CCS(=O)(=O)C1)c1ccccc1. The van der Waals surface area contributed by atoms with Crippen LogP contribution < -0.4 is 15.5 Å². The molecule has 0 aliphatic carbocycles. The van der Waals surface area contributed by atoms with Crippen molar-refractivity contribution in [3.8, 4) is 0 Å². The number of imide groups is 1. The molecule has 2 rings (SSSR count). The fourth-order valence-electron chi connectivity index (χ4n) is 2.29. The van der Waals surface area contributed by atoms with E-state index >= 15 is 0 Å². The third-order valence-corrected chi connectivity index (χ3v) is 5.17. The Kier molecular flexibility index (Phi) is 5.02. The predicted octanol–water partition coefficient (Wildman–Crippen LogP) is 0.136. The highest BCUT2D eigenvalue weighted by atomic mass is 32.2. The molecule has 1 saturated heterocycles. The maximum Gasteiger partial charge on any atom is 0.321 e. The molecular formula is C14H19N3O4S. The number of benzene rings is 1. The first kappa shape index (κ1) is 16.3. The summed E-state index contributed by atoms with van der Waals surface area (Å²) in [5, 5.41) is 4.72. The van der Waals surface area contributed by atoms with Gasteiger partial charge in [-0.05, 0) is 18.6 Å². The van der Waals surface area contributed by atoms with Crippen molar-refractivity contribution in [2.45, 2.75) is 12.5 Å². The molecular weight excluding hydrogens is 306 g/mol. The van der Waals surface area contributed by atoms with Gasteiger partial charge >= 0.3 is 6.03 Å². The van der Waals surface area contributed by atoms with E-state index in [9.17, 15) is 18.0 Å². The third kappa shape index (κ3) is 4.73.